The van der Waals surface area contributed by atoms with E-state index in [0.29, 0.717) is 11.8 Å². The molecule has 1 saturated heterocycles. The van der Waals surface area contributed by atoms with Gasteiger partial charge in [-0.2, -0.15) is 0 Å². The van der Waals surface area contributed by atoms with Crippen LogP contribution in [0.15, 0.2) is 49.1 Å². The average molecular weight is 512 g/mol. The van der Waals surface area contributed by atoms with Gasteiger partial charge in [-0.05, 0) is 82.6 Å². The van der Waals surface area contributed by atoms with Crippen molar-refractivity contribution in [3.63, 3.8) is 0 Å². The molecule has 2 bridgehead atoms. The Morgan fingerprint density at radius 3 is 2.82 bits per heavy atom. The molecule has 0 radical (unpaired) electrons. The number of nitrogens with zero attached hydrogens (tertiary/aromatic N) is 3. The standard InChI is InChI=1S/C32H37N3O3/c1-6-17-35-18-16-31-28-23-11-12-25(36)29(28)38-30(31)24(14-15-32(31,33(3)4)26(35)20-23)34(5)27(37)13-10-22-9-7-8-21(2)19-22/h6-9,11-12,19,24,26,30,36H,1,14-18,20H2,2-5H3/t24-,26-,30+,31+,32-/m1/s1. The predicted octanol–water partition coefficient (Wildman–Crippen LogP) is 3.49. The molecule has 198 valence electrons. The maximum atomic E-state index is 13.4. The van der Waals surface area contributed by atoms with Gasteiger partial charge in [0.2, 0.25) is 0 Å². The molecule has 2 aromatic rings. The van der Waals surface area contributed by atoms with Crippen LogP contribution in [0.25, 0.3) is 0 Å². The average Bonchev–Trinajstić information content (AvgIpc) is 3.25. The van der Waals surface area contributed by atoms with E-state index in [1.54, 1.807) is 11.0 Å². The van der Waals surface area contributed by atoms with E-state index in [-0.39, 0.29) is 34.8 Å². The molecule has 38 heavy (non-hydrogen) atoms. The van der Waals surface area contributed by atoms with Gasteiger partial charge in [0.25, 0.3) is 5.91 Å². The number of aryl methyl sites for hydroxylation is 1. The van der Waals surface area contributed by atoms with E-state index in [1.807, 2.05) is 44.3 Å². The van der Waals surface area contributed by atoms with Crippen molar-refractivity contribution in [3.05, 3.63) is 71.3 Å². The van der Waals surface area contributed by atoms with E-state index < -0.39 is 0 Å². The summed E-state index contributed by atoms with van der Waals surface area (Å²) >= 11 is 0. The minimum Gasteiger partial charge on any atom is -0.504 e. The van der Waals surface area contributed by atoms with E-state index in [0.717, 1.165) is 49.9 Å². The number of carbonyl (C=O) groups is 1. The first-order valence-electron chi connectivity index (χ1n) is 13.6. The first kappa shape index (κ1) is 25.0. The number of aromatic hydroxyl groups is 1. The number of rotatable bonds is 4. The first-order valence-corrected chi connectivity index (χ1v) is 13.6. The summed E-state index contributed by atoms with van der Waals surface area (Å²) in [4.78, 5) is 20.2. The van der Waals surface area contributed by atoms with E-state index in [1.165, 1.54) is 11.1 Å². The van der Waals surface area contributed by atoms with E-state index in [4.69, 9.17) is 4.74 Å². The minimum atomic E-state index is -0.331. The number of piperidine rings is 1. The van der Waals surface area contributed by atoms with Gasteiger partial charge in [0.15, 0.2) is 11.5 Å². The summed E-state index contributed by atoms with van der Waals surface area (Å²) in [7, 11) is 6.24. The normalized spacial score (nSPS) is 30.6. The van der Waals surface area contributed by atoms with Crippen LogP contribution in [0.2, 0.25) is 0 Å². The molecule has 1 spiro atoms. The zero-order chi connectivity index (χ0) is 26.8. The van der Waals surface area contributed by atoms with Gasteiger partial charge < -0.3 is 19.6 Å². The number of hydrogen-bond donors (Lipinski definition) is 1. The molecule has 0 aromatic heterocycles. The number of ether oxygens (including phenoxy) is 1. The van der Waals surface area contributed by atoms with E-state index in [2.05, 4.69) is 48.4 Å². The van der Waals surface area contributed by atoms with Crippen LogP contribution in [0.1, 0.15) is 41.5 Å². The monoisotopic (exact) mass is 511 g/mol. The summed E-state index contributed by atoms with van der Waals surface area (Å²) in [6, 6.07) is 11.9. The van der Waals surface area contributed by atoms with Crippen molar-refractivity contribution in [1.29, 1.82) is 0 Å². The Hall–Kier alpha value is -3.27. The fourth-order valence-electron chi connectivity index (χ4n) is 8.39. The van der Waals surface area contributed by atoms with Gasteiger partial charge >= 0.3 is 0 Å². The smallest absolute Gasteiger partial charge is 0.298 e. The van der Waals surface area contributed by atoms with Crippen molar-refractivity contribution < 1.29 is 14.6 Å². The molecule has 5 atom stereocenters. The highest BCUT2D eigenvalue weighted by Crippen LogP contribution is 2.67. The van der Waals surface area contributed by atoms with E-state index >= 15 is 0 Å². The second kappa shape index (κ2) is 8.90. The van der Waals surface area contributed by atoms with Gasteiger partial charge in [0.1, 0.15) is 6.10 Å². The molecule has 2 aromatic carbocycles. The molecule has 2 fully saturated rings. The van der Waals surface area contributed by atoms with Gasteiger partial charge in [-0.1, -0.05) is 30.2 Å². The molecule has 2 aliphatic carbocycles. The molecule has 1 amide bonds. The maximum Gasteiger partial charge on any atom is 0.298 e. The van der Waals surface area contributed by atoms with Crippen LogP contribution in [0.5, 0.6) is 11.5 Å². The van der Waals surface area contributed by atoms with Crippen molar-refractivity contribution in [2.75, 3.05) is 34.2 Å². The highest BCUT2D eigenvalue weighted by Gasteiger charge is 2.74. The number of likely N-dealkylation sites (tertiary alicyclic amines) is 1. The lowest BCUT2D eigenvalue weighted by molar-refractivity contribution is -0.158. The van der Waals surface area contributed by atoms with Gasteiger partial charge in [0, 0.05) is 42.2 Å². The second-order valence-electron chi connectivity index (χ2n) is 11.7. The summed E-state index contributed by atoms with van der Waals surface area (Å²) in [6.45, 7) is 7.84. The number of likely N-dealkylation sites (N-methyl/N-ethyl adjacent to an activating group) is 2. The predicted molar refractivity (Wildman–Crippen MR) is 148 cm³/mol. The van der Waals surface area contributed by atoms with Gasteiger partial charge in [-0.3, -0.25) is 9.69 Å². The van der Waals surface area contributed by atoms with Crippen molar-refractivity contribution in [2.24, 2.45) is 0 Å². The third-order valence-electron chi connectivity index (χ3n) is 9.85. The Balaban J connectivity index is 1.44. The lowest BCUT2D eigenvalue weighted by atomic mass is 9.46. The molecule has 2 aliphatic heterocycles. The van der Waals surface area contributed by atoms with Crippen molar-refractivity contribution in [2.45, 2.75) is 61.7 Å². The van der Waals surface area contributed by atoms with Crippen LogP contribution in [0.3, 0.4) is 0 Å². The summed E-state index contributed by atoms with van der Waals surface area (Å²) in [5.41, 5.74) is 3.86. The number of hydrogen-bond acceptors (Lipinski definition) is 5. The number of phenolic OH excluding ortho intramolecular Hbond substituents is 1. The first-order chi connectivity index (χ1) is 18.2. The molecule has 4 aliphatic rings. The Kier molecular flexibility index (Phi) is 5.86. The maximum absolute atomic E-state index is 13.4. The topological polar surface area (TPSA) is 56.3 Å². The number of carbonyl (C=O) groups excluding carboxylic acids is 1. The quantitative estimate of drug-likeness (QED) is 0.503. The molecule has 0 unspecified atom stereocenters. The zero-order valence-corrected chi connectivity index (χ0v) is 22.8. The molecule has 1 N–H and O–H groups in total. The number of amides is 1. The Morgan fingerprint density at radius 1 is 1.26 bits per heavy atom. The summed E-state index contributed by atoms with van der Waals surface area (Å²) < 4.78 is 6.78. The zero-order valence-electron chi connectivity index (χ0n) is 22.8. The highest BCUT2D eigenvalue weighted by molar-refractivity contribution is 5.94. The van der Waals surface area contributed by atoms with Gasteiger partial charge in [-0.15, -0.1) is 6.58 Å². The fourth-order valence-corrected chi connectivity index (χ4v) is 8.39. The molecule has 6 rings (SSSR count). The number of benzene rings is 2. The highest BCUT2D eigenvalue weighted by atomic mass is 16.5. The minimum absolute atomic E-state index is 0.147. The van der Waals surface area contributed by atoms with Crippen LogP contribution in [-0.4, -0.2) is 83.7 Å². The Bertz CT molecular complexity index is 1370. The Morgan fingerprint density at radius 2 is 2.08 bits per heavy atom. The summed E-state index contributed by atoms with van der Waals surface area (Å²) in [6.07, 6.45) is 5.29. The van der Waals surface area contributed by atoms with Crippen LogP contribution in [-0.2, 0) is 16.6 Å². The summed E-state index contributed by atoms with van der Waals surface area (Å²) in [5, 5.41) is 11.0. The third-order valence-corrected chi connectivity index (χ3v) is 9.85. The molecular formula is C32H37N3O3. The van der Waals surface area contributed by atoms with Crippen LogP contribution >= 0.6 is 0 Å². The molecule has 1 saturated carbocycles. The SMILES string of the molecule is C=CCN1CC[C@]23c4c5ccc(O)c4O[C@H]2[C@H](N(C)C(=O)C#Cc2cccc(C)c2)CC[C@@]3(N(C)C)[C@H]1C5. The van der Waals surface area contributed by atoms with Crippen molar-refractivity contribution >= 4 is 5.91 Å². The second-order valence-corrected chi connectivity index (χ2v) is 11.7. The lowest BCUT2D eigenvalue weighted by Crippen LogP contribution is -2.82. The Labute approximate surface area is 225 Å². The molecule has 6 heteroatoms. The third kappa shape index (κ3) is 3.25. The van der Waals surface area contributed by atoms with Crippen LogP contribution in [0.4, 0.5) is 0 Å². The van der Waals surface area contributed by atoms with Gasteiger partial charge in [0.05, 0.1) is 11.5 Å². The summed E-state index contributed by atoms with van der Waals surface area (Å²) in [5.74, 6) is 6.55. The van der Waals surface area contributed by atoms with Crippen LogP contribution < -0.4 is 4.74 Å². The molecule has 6 nitrogen and oxygen atoms in total. The fraction of sp³-hybridized carbons (Fsp3) is 0.469. The van der Waals surface area contributed by atoms with Crippen molar-refractivity contribution in [1.82, 2.24) is 14.7 Å². The molecule has 2 heterocycles. The largest absolute Gasteiger partial charge is 0.504 e. The molecular weight excluding hydrogens is 474 g/mol. The lowest BCUT2D eigenvalue weighted by Gasteiger charge is -2.69. The number of phenols is 1. The van der Waals surface area contributed by atoms with Crippen LogP contribution in [0, 0.1) is 18.8 Å². The van der Waals surface area contributed by atoms with E-state index in [9.17, 15) is 9.90 Å². The van der Waals surface area contributed by atoms with Crippen molar-refractivity contribution in [3.8, 4) is 23.3 Å². The van der Waals surface area contributed by atoms with Gasteiger partial charge in [-0.25, -0.2) is 0 Å².